The van der Waals surface area contributed by atoms with E-state index >= 15 is 0 Å². The van der Waals surface area contributed by atoms with Gasteiger partial charge in [0.1, 0.15) is 5.82 Å². The molecule has 1 aromatic carbocycles. The van der Waals surface area contributed by atoms with Crippen molar-refractivity contribution in [3.05, 3.63) is 63.8 Å². The first-order valence-corrected chi connectivity index (χ1v) is 6.71. The van der Waals surface area contributed by atoms with Crippen molar-refractivity contribution in [1.29, 1.82) is 0 Å². The lowest BCUT2D eigenvalue weighted by atomic mass is 10.1. The number of hydrogen-bond acceptors (Lipinski definition) is 3. The van der Waals surface area contributed by atoms with Gasteiger partial charge in [-0.05, 0) is 20.3 Å². The van der Waals surface area contributed by atoms with Crippen LogP contribution in [0.3, 0.4) is 0 Å². The molecule has 0 N–H and O–H groups in total. The van der Waals surface area contributed by atoms with Crippen LogP contribution in [0.2, 0.25) is 0 Å². The minimum Gasteiger partial charge on any atom is -0.297 e. The van der Waals surface area contributed by atoms with Gasteiger partial charge in [0.05, 0.1) is 0 Å². The molecular formula is C16H18N2O2. The first kappa shape index (κ1) is 14.2. The van der Waals surface area contributed by atoms with Crippen molar-refractivity contribution in [3.63, 3.8) is 0 Å². The van der Waals surface area contributed by atoms with E-state index in [0.29, 0.717) is 25.2 Å². The molecule has 0 amide bonds. The number of carbonyl (C=O) groups excluding carboxylic acids is 1. The normalized spacial score (nSPS) is 10.5. The molecule has 104 valence electrons. The minimum atomic E-state index is -0.0536. The quantitative estimate of drug-likeness (QED) is 0.784. The Kier molecular flexibility index (Phi) is 4.45. The number of carbonyl (C=O) groups is 1. The van der Waals surface area contributed by atoms with Gasteiger partial charge in [0.25, 0.3) is 5.56 Å². The molecule has 0 radical (unpaired) electrons. The number of ketones is 1. The minimum absolute atomic E-state index is 0.0536. The fourth-order valence-electron chi connectivity index (χ4n) is 2.20. The predicted molar refractivity (Wildman–Crippen MR) is 78.0 cm³/mol. The lowest BCUT2D eigenvalue weighted by Crippen LogP contribution is -2.23. The fourth-order valence-corrected chi connectivity index (χ4v) is 2.20. The number of hydrogen-bond donors (Lipinski definition) is 0. The Labute approximate surface area is 118 Å². The van der Waals surface area contributed by atoms with Gasteiger partial charge < -0.3 is 0 Å². The van der Waals surface area contributed by atoms with Crippen molar-refractivity contribution < 1.29 is 4.79 Å². The zero-order valence-corrected chi connectivity index (χ0v) is 11.8. The molecule has 0 unspecified atom stereocenters. The molecule has 0 atom stereocenters. The Hall–Kier alpha value is -2.23. The first-order valence-electron chi connectivity index (χ1n) is 6.71. The monoisotopic (exact) mass is 270 g/mol. The molecule has 0 bridgehead atoms. The Balaban J connectivity index is 1.97. The van der Waals surface area contributed by atoms with Crippen LogP contribution in [-0.4, -0.2) is 15.3 Å². The molecule has 0 saturated heterocycles. The van der Waals surface area contributed by atoms with Gasteiger partial charge >= 0.3 is 0 Å². The highest BCUT2D eigenvalue weighted by Gasteiger charge is 2.07. The van der Waals surface area contributed by atoms with E-state index in [4.69, 9.17) is 0 Å². The molecule has 4 nitrogen and oxygen atoms in total. The summed E-state index contributed by atoms with van der Waals surface area (Å²) in [4.78, 5) is 28.1. The molecule has 0 aliphatic rings. The molecule has 0 aliphatic carbocycles. The van der Waals surface area contributed by atoms with Crippen LogP contribution in [0.1, 0.15) is 34.7 Å². The highest BCUT2D eigenvalue weighted by molar-refractivity contribution is 5.95. The second-order valence-corrected chi connectivity index (χ2v) is 4.83. The van der Waals surface area contributed by atoms with Crippen molar-refractivity contribution in [2.45, 2.75) is 33.2 Å². The van der Waals surface area contributed by atoms with Crippen LogP contribution in [-0.2, 0) is 6.54 Å². The Morgan fingerprint density at radius 3 is 2.55 bits per heavy atom. The van der Waals surface area contributed by atoms with E-state index in [2.05, 4.69) is 4.98 Å². The van der Waals surface area contributed by atoms with Gasteiger partial charge in [0.2, 0.25) is 0 Å². The second-order valence-electron chi connectivity index (χ2n) is 4.83. The van der Waals surface area contributed by atoms with Crippen LogP contribution in [0.15, 0.2) is 41.2 Å². The molecule has 1 aromatic heterocycles. The number of benzene rings is 1. The molecule has 2 aromatic rings. The zero-order chi connectivity index (χ0) is 14.5. The first-order chi connectivity index (χ1) is 9.58. The molecule has 1 heterocycles. The van der Waals surface area contributed by atoms with Crippen LogP contribution in [0.5, 0.6) is 0 Å². The maximum atomic E-state index is 12.0. The van der Waals surface area contributed by atoms with Gasteiger partial charge in [0.15, 0.2) is 5.78 Å². The summed E-state index contributed by atoms with van der Waals surface area (Å²) in [5, 5.41) is 0. The standard InChI is InChI=1S/C16H18N2O2/c1-12-11-16(20)18(13(2)17-12)10-6-9-15(19)14-7-4-3-5-8-14/h3-5,7-8,11H,6,9-10H2,1-2H3. The smallest absolute Gasteiger partial charge is 0.253 e. The van der Waals surface area contributed by atoms with Gasteiger partial charge in [0, 0.05) is 30.3 Å². The Morgan fingerprint density at radius 1 is 1.20 bits per heavy atom. The molecule has 20 heavy (non-hydrogen) atoms. The molecule has 0 saturated carbocycles. The summed E-state index contributed by atoms with van der Waals surface area (Å²) in [7, 11) is 0. The number of nitrogens with zero attached hydrogens (tertiary/aromatic N) is 2. The van der Waals surface area contributed by atoms with Crippen LogP contribution in [0.25, 0.3) is 0 Å². The van der Waals surface area contributed by atoms with Gasteiger partial charge in [-0.1, -0.05) is 30.3 Å². The molecule has 0 fully saturated rings. The summed E-state index contributed by atoms with van der Waals surface area (Å²) >= 11 is 0. The number of aryl methyl sites for hydroxylation is 2. The van der Waals surface area contributed by atoms with Crippen molar-refractivity contribution in [1.82, 2.24) is 9.55 Å². The highest BCUT2D eigenvalue weighted by atomic mass is 16.1. The summed E-state index contributed by atoms with van der Waals surface area (Å²) < 4.78 is 1.62. The lowest BCUT2D eigenvalue weighted by molar-refractivity contribution is 0.0978. The zero-order valence-electron chi connectivity index (χ0n) is 11.8. The van der Waals surface area contributed by atoms with E-state index in [-0.39, 0.29) is 11.3 Å². The Bertz CT molecular complexity index is 660. The van der Waals surface area contributed by atoms with E-state index in [9.17, 15) is 9.59 Å². The van der Waals surface area contributed by atoms with Gasteiger partial charge in [-0.2, -0.15) is 0 Å². The third kappa shape index (κ3) is 3.41. The molecule has 0 spiro atoms. The van der Waals surface area contributed by atoms with E-state index < -0.39 is 0 Å². The number of rotatable bonds is 5. The van der Waals surface area contributed by atoms with Crippen LogP contribution in [0, 0.1) is 13.8 Å². The van der Waals surface area contributed by atoms with E-state index in [1.54, 1.807) is 11.5 Å². The Morgan fingerprint density at radius 2 is 1.90 bits per heavy atom. The second kappa shape index (κ2) is 6.28. The maximum Gasteiger partial charge on any atom is 0.253 e. The van der Waals surface area contributed by atoms with Crippen molar-refractivity contribution in [3.8, 4) is 0 Å². The summed E-state index contributed by atoms with van der Waals surface area (Å²) in [5.74, 6) is 0.804. The van der Waals surface area contributed by atoms with Crippen molar-refractivity contribution >= 4 is 5.78 Å². The largest absolute Gasteiger partial charge is 0.297 e. The van der Waals surface area contributed by atoms with Crippen molar-refractivity contribution in [2.24, 2.45) is 0 Å². The summed E-state index contributed by atoms with van der Waals surface area (Å²) in [5.41, 5.74) is 1.39. The topological polar surface area (TPSA) is 52.0 Å². The molecule has 4 heteroatoms. The number of aromatic nitrogens is 2. The fraction of sp³-hybridized carbons (Fsp3) is 0.312. The average Bonchev–Trinajstić information content (AvgIpc) is 2.42. The lowest BCUT2D eigenvalue weighted by Gasteiger charge is -2.09. The number of Topliss-reactive ketones (excluding diaryl/α,β-unsaturated/α-hetero) is 1. The third-order valence-corrected chi connectivity index (χ3v) is 3.21. The molecule has 0 aliphatic heterocycles. The molecular weight excluding hydrogens is 252 g/mol. The summed E-state index contributed by atoms with van der Waals surface area (Å²) in [6, 6.07) is 10.7. The average molecular weight is 270 g/mol. The predicted octanol–water partition coefficient (Wildman–Crippen LogP) is 2.52. The summed E-state index contributed by atoms with van der Waals surface area (Å²) in [6.45, 7) is 4.14. The van der Waals surface area contributed by atoms with E-state index in [1.807, 2.05) is 37.3 Å². The van der Waals surface area contributed by atoms with E-state index in [0.717, 1.165) is 11.3 Å². The third-order valence-electron chi connectivity index (χ3n) is 3.21. The van der Waals surface area contributed by atoms with E-state index in [1.165, 1.54) is 6.07 Å². The highest BCUT2D eigenvalue weighted by Crippen LogP contribution is 2.06. The maximum absolute atomic E-state index is 12.0. The van der Waals surface area contributed by atoms with Gasteiger partial charge in [-0.3, -0.25) is 14.2 Å². The van der Waals surface area contributed by atoms with Crippen LogP contribution < -0.4 is 5.56 Å². The van der Waals surface area contributed by atoms with Gasteiger partial charge in [-0.15, -0.1) is 0 Å². The summed E-state index contributed by atoms with van der Waals surface area (Å²) in [6.07, 6.45) is 1.07. The van der Waals surface area contributed by atoms with Crippen LogP contribution in [0.4, 0.5) is 0 Å². The molecule has 2 rings (SSSR count). The van der Waals surface area contributed by atoms with Crippen molar-refractivity contribution in [2.75, 3.05) is 0 Å². The SMILES string of the molecule is Cc1cc(=O)n(CCCC(=O)c2ccccc2)c(C)n1. The van der Waals surface area contributed by atoms with Gasteiger partial charge in [-0.25, -0.2) is 4.98 Å². The van der Waals surface area contributed by atoms with Crippen LogP contribution >= 0.6 is 0 Å².